The third-order valence-corrected chi connectivity index (χ3v) is 6.09. The van der Waals surface area contributed by atoms with Crippen LogP contribution in [0.4, 0.5) is 5.69 Å². The predicted octanol–water partition coefficient (Wildman–Crippen LogP) is 6.52. The summed E-state index contributed by atoms with van der Waals surface area (Å²) < 4.78 is 1.61. The molecule has 0 fully saturated rings. The molecule has 36 heavy (non-hydrogen) atoms. The summed E-state index contributed by atoms with van der Waals surface area (Å²) in [5, 5.41) is 5.68. The van der Waals surface area contributed by atoms with Gasteiger partial charge in [-0.3, -0.25) is 0 Å². The first-order chi connectivity index (χ1) is 15.5. The fraction of sp³-hybridized carbons (Fsp3) is 0.640. The molecule has 202 valence electrons. The van der Waals surface area contributed by atoms with E-state index < -0.39 is 0 Å². The van der Waals surface area contributed by atoms with E-state index in [1.54, 1.807) is 4.90 Å². The number of nitrogens with one attached hydrogen (secondary N) is 2. The zero-order valence-electron chi connectivity index (χ0n) is 23.9. The Kier molecular flexibility index (Phi) is 20.3. The average Bonchev–Trinajstić information content (AvgIpc) is 2.63. The van der Waals surface area contributed by atoms with Gasteiger partial charge >= 0.3 is 19.5 Å². The van der Waals surface area contributed by atoms with Gasteiger partial charge in [-0.1, -0.05) is 111 Å². The Morgan fingerprint density at radius 3 is 1.19 bits per heavy atom. The number of hydrogen-bond acceptors (Lipinski definition) is 4. The normalized spacial score (nSPS) is 10.9. The monoisotopic (exact) mass is 658 g/mol. The summed E-state index contributed by atoms with van der Waals surface area (Å²) in [6, 6.07) is 4.59. The van der Waals surface area contributed by atoms with Crippen molar-refractivity contribution in [2.75, 3.05) is 32.9 Å². The van der Waals surface area contributed by atoms with Gasteiger partial charge in [-0.15, -0.1) is 37.9 Å². The molecule has 0 amide bonds. The molecule has 0 aliphatic rings. The van der Waals surface area contributed by atoms with Crippen LogP contribution in [0, 0.1) is 0 Å². The SMILES string of the molecule is CC(C)(C)c1cc(C(C)(C)C)c(N)c(C(C)(C)C)c1.CN(C)C(=S)S.S=C(S)NCCNC(=S)S.[Zn+2]. The summed E-state index contributed by atoms with van der Waals surface area (Å²) in [6.07, 6.45) is 0. The number of hydrogen-bond donors (Lipinski definition) is 6. The van der Waals surface area contributed by atoms with Gasteiger partial charge in [0.1, 0.15) is 13.0 Å². The number of anilines is 1. The van der Waals surface area contributed by atoms with Crippen LogP contribution < -0.4 is 16.4 Å². The van der Waals surface area contributed by atoms with Crippen molar-refractivity contribution in [3.63, 3.8) is 0 Å². The van der Waals surface area contributed by atoms with Crippen molar-refractivity contribution in [3.8, 4) is 0 Å². The summed E-state index contributed by atoms with van der Waals surface area (Å²) in [7, 11) is 3.71. The molecule has 4 nitrogen and oxygen atoms in total. The molecular formula is C25H46N4S6Zn+2. The molecule has 0 aliphatic carbocycles. The van der Waals surface area contributed by atoms with E-state index in [0.717, 1.165) is 5.69 Å². The summed E-state index contributed by atoms with van der Waals surface area (Å²) in [5.41, 5.74) is 11.6. The number of thiocarbonyl (C=S) groups is 3. The van der Waals surface area contributed by atoms with E-state index >= 15 is 0 Å². The minimum Gasteiger partial charge on any atom is -0.398 e. The van der Waals surface area contributed by atoms with Crippen LogP contribution in [0.2, 0.25) is 0 Å². The second-order valence-corrected chi connectivity index (χ2v) is 14.8. The Morgan fingerprint density at radius 1 is 0.750 bits per heavy atom. The van der Waals surface area contributed by atoms with Gasteiger partial charge in [-0.05, 0) is 32.9 Å². The van der Waals surface area contributed by atoms with Crippen molar-refractivity contribution in [2.45, 2.75) is 78.6 Å². The van der Waals surface area contributed by atoms with Crippen LogP contribution in [0.3, 0.4) is 0 Å². The second-order valence-electron chi connectivity index (χ2n) is 11.4. The first kappa shape index (κ1) is 40.9. The second kappa shape index (κ2) is 17.9. The third-order valence-electron chi connectivity index (χ3n) is 4.72. The van der Waals surface area contributed by atoms with E-state index in [4.69, 9.17) is 5.73 Å². The van der Waals surface area contributed by atoms with E-state index in [1.165, 1.54) is 16.7 Å². The average molecular weight is 660 g/mol. The fourth-order valence-electron chi connectivity index (χ4n) is 2.67. The van der Waals surface area contributed by atoms with Crippen LogP contribution >= 0.6 is 74.5 Å². The van der Waals surface area contributed by atoms with Gasteiger partial charge in [0.25, 0.3) is 0 Å². The molecule has 0 saturated heterocycles. The van der Waals surface area contributed by atoms with E-state index in [2.05, 4.69) is 160 Å². The predicted molar refractivity (Wildman–Crippen MR) is 181 cm³/mol. The van der Waals surface area contributed by atoms with Gasteiger partial charge in [0.2, 0.25) is 0 Å². The number of nitrogens with two attached hydrogens (primary N) is 1. The summed E-state index contributed by atoms with van der Waals surface area (Å²) in [4.78, 5) is 1.76. The van der Waals surface area contributed by atoms with Crippen molar-refractivity contribution in [1.82, 2.24) is 15.5 Å². The summed E-state index contributed by atoms with van der Waals surface area (Å²) >= 11 is 25.5. The maximum absolute atomic E-state index is 6.47. The van der Waals surface area contributed by atoms with Crippen molar-refractivity contribution in [2.24, 2.45) is 0 Å². The quantitative estimate of drug-likeness (QED) is 0.0727. The topological polar surface area (TPSA) is 53.3 Å². The zero-order chi connectivity index (χ0) is 28.4. The molecule has 0 unspecified atom stereocenters. The van der Waals surface area contributed by atoms with Crippen LogP contribution in [-0.4, -0.2) is 45.0 Å². The maximum atomic E-state index is 6.47. The molecule has 1 aromatic rings. The van der Waals surface area contributed by atoms with Gasteiger partial charge in [0.15, 0.2) is 0 Å². The Labute approximate surface area is 266 Å². The first-order valence-corrected chi connectivity index (χ1v) is 13.9. The molecule has 0 spiro atoms. The van der Waals surface area contributed by atoms with Gasteiger partial charge in [0.05, 0.1) is 0 Å². The van der Waals surface area contributed by atoms with Gasteiger partial charge in [-0.2, -0.15) is 0 Å². The number of benzene rings is 1. The number of nitrogen functional groups attached to an aromatic ring is 1. The van der Waals surface area contributed by atoms with Crippen LogP contribution in [0.25, 0.3) is 0 Å². The molecule has 0 saturated carbocycles. The molecule has 0 aromatic heterocycles. The Bertz CT molecular complexity index is 803. The third kappa shape index (κ3) is 18.6. The van der Waals surface area contributed by atoms with Crippen molar-refractivity contribution in [1.29, 1.82) is 0 Å². The van der Waals surface area contributed by atoms with Crippen LogP contribution in [0.5, 0.6) is 0 Å². The molecule has 1 aromatic carbocycles. The Balaban J connectivity index is -0.000000538. The standard InChI is InChI=1S/C18H31N.C4H8N2S4.C3H7NS2.Zn/c1-16(2,3)12-10-13(17(4,5)6)15(19)14(11-12)18(7,8)9;7-3(8)5-1-2-6-4(9)10;1-4(2)3(5)6;/h10-11H,19H2,1-9H3;1-2H2,(H2,5,7,8)(H2,6,9,10);1-2H3,(H,5,6);/q;;;+2. The van der Waals surface area contributed by atoms with Gasteiger partial charge in [-0.25, -0.2) is 0 Å². The molecular weight excluding hydrogens is 614 g/mol. The minimum atomic E-state index is 0. The number of rotatable bonds is 3. The van der Waals surface area contributed by atoms with Crippen LogP contribution in [0.15, 0.2) is 12.1 Å². The van der Waals surface area contributed by atoms with Crippen LogP contribution in [-0.2, 0) is 35.7 Å². The van der Waals surface area contributed by atoms with Crippen molar-refractivity contribution in [3.05, 3.63) is 28.8 Å². The molecule has 0 atom stereocenters. The van der Waals surface area contributed by atoms with Gasteiger partial charge < -0.3 is 21.3 Å². The molecule has 4 N–H and O–H groups in total. The summed E-state index contributed by atoms with van der Waals surface area (Å²) in [6.45, 7) is 21.6. The number of nitrogens with zero attached hydrogens (tertiary/aromatic N) is 1. The minimum absolute atomic E-state index is 0. The first-order valence-electron chi connectivity index (χ1n) is 11.3. The van der Waals surface area contributed by atoms with E-state index in [-0.39, 0.29) is 35.7 Å². The van der Waals surface area contributed by atoms with E-state index in [0.29, 0.717) is 26.1 Å². The van der Waals surface area contributed by atoms with Gasteiger partial charge in [0, 0.05) is 32.9 Å². The zero-order valence-corrected chi connectivity index (χ0v) is 32.0. The summed E-state index contributed by atoms with van der Waals surface area (Å²) in [5.74, 6) is 0. The molecule has 0 radical (unpaired) electrons. The van der Waals surface area contributed by atoms with Crippen molar-refractivity contribution < 1.29 is 19.5 Å². The van der Waals surface area contributed by atoms with E-state index in [9.17, 15) is 0 Å². The molecule has 0 heterocycles. The Hall–Kier alpha value is 0.363. The fourth-order valence-corrected chi connectivity index (χ4v) is 3.09. The molecule has 1 rings (SSSR count). The Morgan fingerprint density at radius 2 is 1.03 bits per heavy atom. The maximum Gasteiger partial charge on any atom is 2.00 e. The molecule has 0 bridgehead atoms. The smallest absolute Gasteiger partial charge is 0.398 e. The molecule has 11 heteroatoms. The largest absolute Gasteiger partial charge is 2.00 e. The van der Waals surface area contributed by atoms with Crippen molar-refractivity contribution >= 4 is 93.2 Å². The number of thiol groups is 3. The molecule has 0 aliphatic heterocycles. The van der Waals surface area contributed by atoms with Crippen LogP contribution in [0.1, 0.15) is 79.0 Å². The van der Waals surface area contributed by atoms with E-state index in [1.807, 2.05) is 14.1 Å².